The average molecular weight is 395 g/mol. The minimum absolute atomic E-state index is 0.0571. The van der Waals surface area contributed by atoms with Crippen LogP contribution in [0.3, 0.4) is 0 Å². The summed E-state index contributed by atoms with van der Waals surface area (Å²) in [5, 5.41) is 11.9. The van der Waals surface area contributed by atoms with Crippen molar-refractivity contribution < 1.29 is 27.6 Å². The van der Waals surface area contributed by atoms with Gasteiger partial charge in [-0.15, -0.1) is 0 Å². The summed E-state index contributed by atoms with van der Waals surface area (Å²) in [5.41, 5.74) is -0.787. The normalized spacial score (nSPS) is 15.9. The van der Waals surface area contributed by atoms with Crippen LogP contribution in [0.1, 0.15) is 36.0 Å². The number of nitrogens with one attached hydrogen (secondary N) is 1. The molecule has 1 saturated carbocycles. The lowest BCUT2D eigenvalue weighted by atomic mass is 10.00. The topological polar surface area (TPSA) is 126 Å². The van der Waals surface area contributed by atoms with Crippen molar-refractivity contribution in [2.75, 3.05) is 20.8 Å². The molecule has 27 heavy (non-hydrogen) atoms. The van der Waals surface area contributed by atoms with Crippen molar-refractivity contribution in [2.45, 2.75) is 36.1 Å². The van der Waals surface area contributed by atoms with Crippen LogP contribution in [-0.2, 0) is 24.4 Å². The van der Waals surface area contributed by atoms with E-state index in [0.29, 0.717) is 17.3 Å². The quantitative estimate of drug-likeness (QED) is 0.539. The Morgan fingerprint density at radius 1 is 1.26 bits per heavy atom. The first-order valence-electron chi connectivity index (χ1n) is 8.26. The number of amides is 1. The molecule has 0 aromatic heterocycles. The Hall–Kier alpha value is -2.48. The molecular weight excluding hydrogens is 374 g/mol. The second-order valence-corrected chi connectivity index (χ2v) is 8.08. The molecule has 2 rings (SSSR count). The summed E-state index contributed by atoms with van der Waals surface area (Å²) in [6.07, 6.45) is 2.88. The summed E-state index contributed by atoms with van der Waals surface area (Å²) < 4.78 is 29.8. The average Bonchev–Trinajstić information content (AvgIpc) is 3.14. The summed E-state index contributed by atoms with van der Waals surface area (Å²) in [4.78, 5) is 28.6. The predicted molar refractivity (Wildman–Crippen MR) is 93.6 cm³/mol. The Kier molecular flexibility index (Phi) is 6.54. The minimum atomic E-state index is -3.82. The number of ether oxygens (including phenoxy) is 1. The van der Waals surface area contributed by atoms with Crippen LogP contribution in [0, 0.1) is 11.3 Å². The van der Waals surface area contributed by atoms with Crippen LogP contribution in [-0.4, -0.2) is 51.1 Å². The van der Waals surface area contributed by atoms with Gasteiger partial charge in [0, 0.05) is 7.05 Å². The van der Waals surface area contributed by atoms with Gasteiger partial charge in [-0.25, -0.2) is 13.2 Å². The highest BCUT2D eigenvalue weighted by atomic mass is 32.2. The number of carbonyl (C=O) groups is 2. The maximum atomic E-state index is 12.1. The van der Waals surface area contributed by atoms with Crippen LogP contribution in [0.15, 0.2) is 29.2 Å². The molecule has 1 aromatic carbocycles. The van der Waals surface area contributed by atoms with Crippen molar-refractivity contribution in [3.8, 4) is 6.07 Å². The van der Waals surface area contributed by atoms with E-state index < -0.39 is 34.0 Å². The van der Waals surface area contributed by atoms with E-state index in [1.54, 1.807) is 0 Å². The lowest BCUT2D eigenvalue weighted by Crippen LogP contribution is -2.46. The number of nitriles is 1. The van der Waals surface area contributed by atoms with Crippen LogP contribution in [0.4, 0.5) is 0 Å². The van der Waals surface area contributed by atoms with Gasteiger partial charge in [-0.3, -0.25) is 9.63 Å². The molecule has 146 valence electrons. The number of hydrogen-bond donors (Lipinski definition) is 1. The minimum Gasteiger partial charge on any atom is -0.452 e. The lowest BCUT2D eigenvalue weighted by Gasteiger charge is -2.21. The van der Waals surface area contributed by atoms with Crippen LogP contribution in [0.2, 0.25) is 0 Å². The maximum absolute atomic E-state index is 12.1. The number of hydrogen-bond acceptors (Lipinski definition) is 7. The number of rotatable bonds is 7. The highest BCUT2D eigenvalue weighted by Gasteiger charge is 2.35. The highest BCUT2D eigenvalue weighted by Crippen LogP contribution is 2.28. The van der Waals surface area contributed by atoms with Gasteiger partial charge < -0.3 is 10.1 Å². The van der Waals surface area contributed by atoms with Crippen molar-refractivity contribution in [1.29, 1.82) is 5.26 Å². The molecule has 1 aromatic rings. The van der Waals surface area contributed by atoms with Gasteiger partial charge >= 0.3 is 5.97 Å². The van der Waals surface area contributed by atoms with E-state index in [4.69, 9.17) is 4.74 Å². The fourth-order valence-electron chi connectivity index (χ4n) is 2.77. The van der Waals surface area contributed by atoms with Gasteiger partial charge in [-0.05, 0) is 49.9 Å². The fourth-order valence-corrected chi connectivity index (χ4v) is 3.74. The smallest absolute Gasteiger partial charge is 0.338 e. The lowest BCUT2D eigenvalue weighted by molar-refractivity contribution is -0.125. The third-order valence-corrected chi connectivity index (χ3v) is 6.06. The van der Waals surface area contributed by atoms with Gasteiger partial charge in [0.05, 0.1) is 23.6 Å². The Morgan fingerprint density at radius 3 is 2.37 bits per heavy atom. The monoisotopic (exact) mass is 395 g/mol. The molecule has 1 aliphatic carbocycles. The van der Waals surface area contributed by atoms with Crippen molar-refractivity contribution >= 4 is 21.9 Å². The van der Waals surface area contributed by atoms with Gasteiger partial charge in [-0.2, -0.15) is 5.26 Å². The van der Waals surface area contributed by atoms with Gasteiger partial charge in [0.2, 0.25) is 0 Å². The Morgan fingerprint density at radius 2 is 1.85 bits per heavy atom. The molecule has 0 saturated heterocycles. The third-order valence-electron chi connectivity index (χ3n) is 4.37. The Labute approximate surface area is 157 Å². The Balaban J connectivity index is 1.95. The molecule has 0 bridgehead atoms. The van der Waals surface area contributed by atoms with Gasteiger partial charge in [-0.1, -0.05) is 4.47 Å². The van der Waals surface area contributed by atoms with Crippen LogP contribution < -0.4 is 5.32 Å². The van der Waals surface area contributed by atoms with Crippen molar-refractivity contribution in [3.05, 3.63) is 29.8 Å². The van der Waals surface area contributed by atoms with Gasteiger partial charge in [0.1, 0.15) is 5.54 Å². The molecule has 0 atom stereocenters. The molecule has 0 unspecified atom stereocenters. The van der Waals surface area contributed by atoms with E-state index in [1.807, 2.05) is 0 Å². The van der Waals surface area contributed by atoms with E-state index in [-0.39, 0.29) is 10.5 Å². The third kappa shape index (κ3) is 4.82. The first-order valence-corrected chi connectivity index (χ1v) is 9.70. The van der Waals surface area contributed by atoms with Crippen molar-refractivity contribution in [2.24, 2.45) is 0 Å². The maximum Gasteiger partial charge on any atom is 0.338 e. The van der Waals surface area contributed by atoms with Crippen molar-refractivity contribution in [3.63, 3.8) is 0 Å². The number of carbonyl (C=O) groups excluding carboxylic acids is 2. The number of sulfonamides is 1. The summed E-state index contributed by atoms with van der Waals surface area (Å²) in [6, 6.07) is 7.16. The SMILES string of the molecule is CON(C)S(=O)(=O)c1ccc(C(=O)OCC(=O)NC2(C#N)CCCC2)cc1. The molecule has 10 heteroatoms. The summed E-state index contributed by atoms with van der Waals surface area (Å²) >= 11 is 0. The van der Waals surface area contributed by atoms with Crippen LogP contribution >= 0.6 is 0 Å². The number of nitrogens with zero attached hydrogens (tertiary/aromatic N) is 2. The number of esters is 1. The van der Waals surface area contributed by atoms with Crippen LogP contribution in [0.25, 0.3) is 0 Å². The standard InChI is InChI=1S/C17H21N3O6S/c1-20(25-2)27(23,24)14-7-5-13(6-8-14)16(22)26-11-15(21)19-17(12-18)9-3-4-10-17/h5-8H,3-4,9-11H2,1-2H3,(H,19,21). The molecule has 1 fully saturated rings. The van der Waals surface area contributed by atoms with E-state index in [9.17, 15) is 23.3 Å². The van der Waals surface area contributed by atoms with E-state index >= 15 is 0 Å². The number of benzene rings is 1. The van der Waals surface area contributed by atoms with Gasteiger partial charge in [0.15, 0.2) is 6.61 Å². The zero-order valence-corrected chi connectivity index (χ0v) is 15.9. The summed E-state index contributed by atoms with van der Waals surface area (Å²) in [6.45, 7) is -0.519. The second kappa shape index (κ2) is 8.47. The van der Waals surface area contributed by atoms with Crippen molar-refractivity contribution in [1.82, 2.24) is 9.79 Å². The van der Waals surface area contributed by atoms with Crippen LogP contribution in [0.5, 0.6) is 0 Å². The molecule has 1 N–H and O–H groups in total. The molecule has 1 aliphatic rings. The molecule has 0 aliphatic heterocycles. The molecule has 0 radical (unpaired) electrons. The molecule has 0 spiro atoms. The van der Waals surface area contributed by atoms with E-state index in [1.165, 1.54) is 38.4 Å². The first kappa shape index (κ1) is 20.8. The number of hydroxylamine groups is 1. The molecular formula is C17H21N3O6S. The largest absolute Gasteiger partial charge is 0.452 e. The molecule has 9 nitrogen and oxygen atoms in total. The zero-order valence-electron chi connectivity index (χ0n) is 15.1. The van der Waals surface area contributed by atoms with E-state index in [2.05, 4.69) is 16.2 Å². The molecule has 0 heterocycles. The first-order chi connectivity index (χ1) is 12.7. The predicted octanol–water partition coefficient (Wildman–Crippen LogP) is 0.978. The van der Waals surface area contributed by atoms with E-state index in [0.717, 1.165) is 12.8 Å². The highest BCUT2D eigenvalue weighted by molar-refractivity contribution is 7.89. The Bertz CT molecular complexity index is 838. The second-order valence-electron chi connectivity index (χ2n) is 6.15. The fraction of sp³-hybridized carbons (Fsp3) is 0.471. The summed E-state index contributed by atoms with van der Waals surface area (Å²) in [7, 11) is -1.35. The molecule has 1 amide bonds. The summed E-state index contributed by atoms with van der Waals surface area (Å²) in [5.74, 6) is -1.32. The zero-order chi connectivity index (χ0) is 20.1. The van der Waals surface area contributed by atoms with Gasteiger partial charge in [0.25, 0.3) is 15.9 Å².